The third kappa shape index (κ3) is 5.10. The van der Waals surface area contributed by atoms with Gasteiger partial charge in [-0.1, -0.05) is 18.2 Å². The van der Waals surface area contributed by atoms with Crippen molar-refractivity contribution in [2.24, 2.45) is 0 Å². The van der Waals surface area contributed by atoms with Crippen LogP contribution in [0.3, 0.4) is 0 Å². The van der Waals surface area contributed by atoms with E-state index < -0.39 is 0 Å². The lowest BCUT2D eigenvalue weighted by Gasteiger charge is -2.28. The number of aromatic nitrogens is 2. The molecule has 0 aliphatic carbocycles. The molecule has 0 radical (unpaired) electrons. The number of aryl methyl sites for hydroxylation is 3. The molecule has 0 bridgehead atoms. The molecule has 35 heavy (non-hydrogen) atoms. The van der Waals surface area contributed by atoms with Crippen LogP contribution >= 0.6 is 12.2 Å². The Hall–Kier alpha value is -3.19. The molecule has 0 spiro atoms. The third-order valence-corrected chi connectivity index (χ3v) is 7.16. The van der Waals surface area contributed by atoms with Crippen molar-refractivity contribution in [2.75, 3.05) is 11.9 Å². The number of carbonyl (C=O) groups excluding carboxylic acids is 1. The topological polar surface area (TPSA) is 62.2 Å². The fourth-order valence-electron chi connectivity index (χ4n) is 5.19. The summed E-state index contributed by atoms with van der Waals surface area (Å²) >= 11 is 5.80. The van der Waals surface area contributed by atoms with Gasteiger partial charge in [0.15, 0.2) is 5.11 Å². The molecular formula is C28H35N5OS. The summed E-state index contributed by atoms with van der Waals surface area (Å²) in [6, 6.07) is 14.5. The van der Waals surface area contributed by atoms with Crippen LogP contribution in [0.15, 0.2) is 48.7 Å². The number of anilines is 1. The van der Waals surface area contributed by atoms with E-state index in [2.05, 4.69) is 64.9 Å². The minimum absolute atomic E-state index is 0.0193. The van der Waals surface area contributed by atoms with Crippen molar-refractivity contribution in [3.8, 4) is 0 Å². The molecule has 2 aromatic heterocycles. The van der Waals surface area contributed by atoms with Gasteiger partial charge < -0.3 is 20.1 Å². The van der Waals surface area contributed by atoms with Gasteiger partial charge in [-0.15, -0.1) is 0 Å². The Morgan fingerprint density at radius 1 is 1.14 bits per heavy atom. The van der Waals surface area contributed by atoms with Crippen LogP contribution in [0, 0.1) is 27.7 Å². The highest BCUT2D eigenvalue weighted by atomic mass is 32.1. The monoisotopic (exact) mass is 489 g/mol. The second kappa shape index (κ2) is 10.2. The van der Waals surface area contributed by atoms with Gasteiger partial charge in [0.2, 0.25) is 5.91 Å². The number of carbonyl (C=O) groups is 1. The van der Waals surface area contributed by atoms with Crippen LogP contribution in [-0.2, 0) is 4.79 Å². The standard InChI is InChI=1S/C28H35N5OS/c1-17(2)33-20(5)16-22(21(33)6)27-26(23-9-7-8-13-29-23)31-28(35)32(27)14-12-25(34)30-24-15-18(3)10-11-19(24)4/h7-11,13,15-17,26-27H,12,14H2,1-6H3,(H,30,34)(H,31,35)/t26-,27-/m0/s1. The Labute approximate surface area is 213 Å². The lowest BCUT2D eigenvalue weighted by atomic mass is 9.96. The maximum Gasteiger partial charge on any atom is 0.226 e. The highest BCUT2D eigenvalue weighted by Gasteiger charge is 2.41. The van der Waals surface area contributed by atoms with Crippen LogP contribution in [0.4, 0.5) is 5.69 Å². The number of pyridine rings is 1. The second-order valence-corrected chi connectivity index (χ2v) is 10.1. The lowest BCUT2D eigenvalue weighted by Crippen LogP contribution is -2.33. The van der Waals surface area contributed by atoms with E-state index in [0.717, 1.165) is 22.5 Å². The average Bonchev–Trinajstić information content (AvgIpc) is 3.30. The van der Waals surface area contributed by atoms with Gasteiger partial charge in [-0.2, -0.15) is 0 Å². The largest absolute Gasteiger partial charge is 0.352 e. The fourth-order valence-corrected chi connectivity index (χ4v) is 5.52. The Morgan fingerprint density at radius 2 is 1.91 bits per heavy atom. The van der Waals surface area contributed by atoms with Crippen molar-refractivity contribution < 1.29 is 4.79 Å². The summed E-state index contributed by atoms with van der Waals surface area (Å²) in [6.45, 7) is 13.3. The first-order valence-electron chi connectivity index (χ1n) is 12.2. The van der Waals surface area contributed by atoms with E-state index in [1.54, 1.807) is 0 Å². The van der Waals surface area contributed by atoms with E-state index in [9.17, 15) is 4.79 Å². The van der Waals surface area contributed by atoms with Crippen molar-refractivity contribution in [2.45, 2.75) is 66.1 Å². The first-order valence-corrected chi connectivity index (χ1v) is 12.6. The Bertz CT molecular complexity index is 1230. The number of nitrogens with zero attached hydrogens (tertiary/aromatic N) is 3. The van der Waals surface area contributed by atoms with Crippen molar-refractivity contribution >= 4 is 28.9 Å². The van der Waals surface area contributed by atoms with Crippen LogP contribution in [0.25, 0.3) is 0 Å². The van der Waals surface area contributed by atoms with Gasteiger partial charge in [-0.25, -0.2) is 0 Å². The summed E-state index contributed by atoms with van der Waals surface area (Å²) < 4.78 is 2.36. The van der Waals surface area contributed by atoms with E-state index >= 15 is 0 Å². The minimum atomic E-state index is -0.0908. The van der Waals surface area contributed by atoms with E-state index in [0.29, 0.717) is 24.1 Å². The van der Waals surface area contributed by atoms with Gasteiger partial charge in [0.05, 0.1) is 17.8 Å². The first-order chi connectivity index (χ1) is 16.7. The molecule has 3 aromatic rings. The van der Waals surface area contributed by atoms with Crippen molar-refractivity contribution in [3.63, 3.8) is 0 Å². The number of amides is 1. The van der Waals surface area contributed by atoms with Crippen LogP contribution in [-0.4, -0.2) is 32.0 Å². The minimum Gasteiger partial charge on any atom is -0.352 e. The molecule has 1 amide bonds. The molecule has 1 aliphatic rings. The van der Waals surface area contributed by atoms with Crippen molar-refractivity contribution in [3.05, 3.63) is 82.4 Å². The maximum atomic E-state index is 12.9. The molecule has 6 nitrogen and oxygen atoms in total. The van der Waals surface area contributed by atoms with E-state index in [1.165, 1.54) is 17.0 Å². The highest BCUT2D eigenvalue weighted by molar-refractivity contribution is 7.80. The molecular weight excluding hydrogens is 454 g/mol. The highest BCUT2D eigenvalue weighted by Crippen LogP contribution is 2.41. The number of nitrogens with one attached hydrogen (secondary N) is 2. The molecule has 3 heterocycles. The van der Waals surface area contributed by atoms with Gasteiger partial charge >= 0.3 is 0 Å². The van der Waals surface area contributed by atoms with Crippen LogP contribution in [0.1, 0.15) is 72.2 Å². The van der Waals surface area contributed by atoms with E-state index in [1.807, 2.05) is 50.4 Å². The Morgan fingerprint density at radius 3 is 2.57 bits per heavy atom. The van der Waals surface area contributed by atoms with Crippen molar-refractivity contribution in [1.82, 2.24) is 19.8 Å². The van der Waals surface area contributed by atoms with E-state index in [4.69, 9.17) is 12.2 Å². The Balaban J connectivity index is 1.62. The Kier molecular flexibility index (Phi) is 7.26. The summed E-state index contributed by atoms with van der Waals surface area (Å²) in [5, 5.41) is 7.23. The van der Waals surface area contributed by atoms with Crippen LogP contribution in [0.2, 0.25) is 0 Å². The van der Waals surface area contributed by atoms with Gasteiger partial charge in [-0.3, -0.25) is 9.78 Å². The van der Waals surface area contributed by atoms with Gasteiger partial charge in [-0.05, 0) is 94.7 Å². The molecule has 2 atom stereocenters. The molecule has 4 rings (SSSR count). The molecule has 1 saturated heterocycles. The normalized spacial score (nSPS) is 17.7. The molecule has 184 valence electrons. The second-order valence-electron chi connectivity index (χ2n) is 9.73. The summed E-state index contributed by atoms with van der Waals surface area (Å²) in [5.41, 5.74) is 7.63. The average molecular weight is 490 g/mol. The number of benzene rings is 1. The smallest absolute Gasteiger partial charge is 0.226 e. The zero-order chi connectivity index (χ0) is 25.3. The zero-order valence-corrected chi connectivity index (χ0v) is 22.2. The fraction of sp³-hybridized carbons (Fsp3) is 0.393. The molecule has 1 aromatic carbocycles. The summed E-state index contributed by atoms with van der Waals surface area (Å²) in [6.07, 6.45) is 2.15. The van der Waals surface area contributed by atoms with Gasteiger partial charge in [0.25, 0.3) is 0 Å². The predicted molar refractivity (Wildman–Crippen MR) is 146 cm³/mol. The molecule has 1 aliphatic heterocycles. The summed E-state index contributed by atoms with van der Waals surface area (Å²) in [7, 11) is 0. The van der Waals surface area contributed by atoms with Crippen molar-refractivity contribution in [1.29, 1.82) is 0 Å². The summed E-state index contributed by atoms with van der Waals surface area (Å²) in [5.74, 6) is -0.0193. The number of thiocarbonyl (C=S) groups is 1. The number of hydrogen-bond donors (Lipinski definition) is 2. The SMILES string of the molecule is Cc1ccc(C)c(NC(=O)CCN2C(=S)N[C@@H](c3ccccn3)[C@@H]2c2cc(C)n(C(C)C)c2C)c1. The van der Waals surface area contributed by atoms with Crippen LogP contribution < -0.4 is 10.6 Å². The zero-order valence-electron chi connectivity index (χ0n) is 21.4. The summed E-state index contributed by atoms with van der Waals surface area (Å²) in [4.78, 5) is 19.7. The first kappa shape index (κ1) is 24.9. The number of hydrogen-bond acceptors (Lipinski definition) is 3. The molecule has 1 fully saturated rings. The predicted octanol–water partition coefficient (Wildman–Crippen LogP) is 5.70. The lowest BCUT2D eigenvalue weighted by molar-refractivity contribution is -0.116. The molecule has 0 unspecified atom stereocenters. The number of rotatable bonds is 7. The maximum absolute atomic E-state index is 12.9. The van der Waals surface area contributed by atoms with E-state index in [-0.39, 0.29) is 18.0 Å². The quantitative estimate of drug-likeness (QED) is 0.417. The van der Waals surface area contributed by atoms with Crippen LogP contribution in [0.5, 0.6) is 0 Å². The third-order valence-electron chi connectivity index (χ3n) is 6.80. The van der Waals surface area contributed by atoms with Gasteiger partial charge in [0, 0.05) is 42.3 Å². The molecule has 0 saturated carbocycles. The molecule has 7 heteroatoms. The van der Waals surface area contributed by atoms with Gasteiger partial charge in [0.1, 0.15) is 0 Å². The molecule has 2 N–H and O–H groups in total.